The van der Waals surface area contributed by atoms with Crippen LogP contribution in [0.5, 0.6) is 5.75 Å². The van der Waals surface area contributed by atoms with Crippen molar-refractivity contribution in [2.24, 2.45) is 0 Å². The molecule has 1 aromatic carbocycles. The minimum atomic E-state index is -0.634. The van der Waals surface area contributed by atoms with Crippen molar-refractivity contribution in [3.63, 3.8) is 0 Å². The molecule has 6 nitrogen and oxygen atoms in total. The molecule has 1 heterocycles. The monoisotopic (exact) mass is 264 g/mol. The number of nitrogen functional groups attached to an aromatic ring is 1. The van der Waals surface area contributed by atoms with Gasteiger partial charge in [0.2, 0.25) is 0 Å². The summed E-state index contributed by atoms with van der Waals surface area (Å²) in [4.78, 5) is 25.0. The average Bonchev–Trinajstić information content (AvgIpc) is 2.36. The Hall–Kier alpha value is -2.24. The smallest absolute Gasteiger partial charge is 0.326 e. The Morgan fingerprint density at radius 3 is 2.95 bits per heavy atom. The summed E-state index contributed by atoms with van der Waals surface area (Å²) in [7, 11) is 0. The summed E-state index contributed by atoms with van der Waals surface area (Å²) < 4.78 is 10.3. The second-order valence-electron chi connectivity index (χ2n) is 4.22. The van der Waals surface area contributed by atoms with E-state index in [1.54, 1.807) is 32.0 Å². The van der Waals surface area contributed by atoms with E-state index in [0.29, 0.717) is 17.1 Å². The number of rotatable bonds is 3. The van der Waals surface area contributed by atoms with Gasteiger partial charge in [-0.2, -0.15) is 0 Å². The first kappa shape index (κ1) is 13.2. The topological polar surface area (TPSA) is 81.9 Å². The summed E-state index contributed by atoms with van der Waals surface area (Å²) >= 11 is 0. The number of benzene rings is 1. The molecule has 0 saturated heterocycles. The van der Waals surface area contributed by atoms with Crippen molar-refractivity contribution in [1.29, 1.82) is 0 Å². The van der Waals surface area contributed by atoms with Crippen LogP contribution in [-0.2, 0) is 14.3 Å². The van der Waals surface area contributed by atoms with Gasteiger partial charge >= 0.3 is 5.97 Å². The van der Waals surface area contributed by atoms with E-state index < -0.39 is 12.1 Å². The van der Waals surface area contributed by atoms with E-state index in [9.17, 15) is 9.59 Å². The first-order valence-electron chi connectivity index (χ1n) is 6.06. The van der Waals surface area contributed by atoms with Crippen molar-refractivity contribution in [2.45, 2.75) is 20.0 Å². The number of carbonyl (C=O) groups is 2. The quantitative estimate of drug-likeness (QED) is 0.649. The molecule has 1 amide bonds. The average molecular weight is 264 g/mol. The van der Waals surface area contributed by atoms with Crippen LogP contribution < -0.4 is 15.4 Å². The Morgan fingerprint density at radius 1 is 1.53 bits per heavy atom. The normalized spacial score (nSPS) is 17.7. The Balaban J connectivity index is 2.33. The second kappa shape index (κ2) is 5.17. The lowest BCUT2D eigenvalue weighted by Crippen LogP contribution is -2.47. The molecule has 0 aromatic heterocycles. The zero-order valence-electron chi connectivity index (χ0n) is 10.9. The molecule has 0 fully saturated rings. The molecule has 1 aromatic rings. The third kappa shape index (κ3) is 2.62. The zero-order valence-corrected chi connectivity index (χ0v) is 10.9. The van der Waals surface area contributed by atoms with Gasteiger partial charge in [-0.15, -0.1) is 0 Å². The summed E-state index contributed by atoms with van der Waals surface area (Å²) in [6.45, 7) is 3.49. The second-order valence-corrected chi connectivity index (χ2v) is 4.22. The fourth-order valence-electron chi connectivity index (χ4n) is 1.92. The van der Waals surface area contributed by atoms with Crippen molar-refractivity contribution in [3.8, 4) is 5.75 Å². The van der Waals surface area contributed by atoms with Gasteiger partial charge < -0.3 is 15.2 Å². The van der Waals surface area contributed by atoms with E-state index in [2.05, 4.69) is 0 Å². The van der Waals surface area contributed by atoms with E-state index in [1.807, 2.05) is 0 Å². The van der Waals surface area contributed by atoms with Gasteiger partial charge in [0.1, 0.15) is 12.3 Å². The standard InChI is InChI=1S/C13H16N2O4/c1-3-18-12(16)7-15-10-6-9(14)4-5-11(10)19-8(2)13(15)17/h4-6,8H,3,7,14H2,1-2H3. The number of fused-ring (bicyclic) bond motifs is 1. The van der Waals surface area contributed by atoms with Crippen LogP contribution in [0, 0.1) is 0 Å². The summed E-state index contributed by atoms with van der Waals surface area (Å²) in [5.41, 5.74) is 6.70. The molecule has 1 unspecified atom stereocenters. The van der Waals surface area contributed by atoms with E-state index in [1.165, 1.54) is 4.90 Å². The zero-order chi connectivity index (χ0) is 14.0. The molecule has 2 rings (SSSR count). The van der Waals surface area contributed by atoms with Crippen LogP contribution >= 0.6 is 0 Å². The highest BCUT2D eigenvalue weighted by molar-refractivity contribution is 6.03. The minimum Gasteiger partial charge on any atom is -0.479 e. The van der Waals surface area contributed by atoms with Gasteiger partial charge in [-0.1, -0.05) is 0 Å². The SMILES string of the molecule is CCOC(=O)CN1C(=O)C(C)Oc2ccc(N)cc21. The molecular weight excluding hydrogens is 248 g/mol. The number of ether oxygens (including phenoxy) is 2. The van der Waals surface area contributed by atoms with Gasteiger partial charge in [0.25, 0.3) is 5.91 Å². The van der Waals surface area contributed by atoms with Crippen LogP contribution in [0.1, 0.15) is 13.8 Å². The van der Waals surface area contributed by atoms with Crippen molar-refractivity contribution in [3.05, 3.63) is 18.2 Å². The third-order valence-electron chi connectivity index (χ3n) is 2.78. The Morgan fingerprint density at radius 2 is 2.26 bits per heavy atom. The lowest BCUT2D eigenvalue weighted by molar-refractivity contribution is -0.143. The first-order chi connectivity index (χ1) is 9.02. The van der Waals surface area contributed by atoms with Crippen LogP contribution in [0.15, 0.2) is 18.2 Å². The maximum atomic E-state index is 12.1. The number of esters is 1. The summed E-state index contributed by atoms with van der Waals surface area (Å²) in [6, 6.07) is 4.98. The Bertz CT molecular complexity index is 515. The highest BCUT2D eigenvalue weighted by Crippen LogP contribution is 2.35. The van der Waals surface area contributed by atoms with Crippen LogP contribution in [0.25, 0.3) is 0 Å². The van der Waals surface area contributed by atoms with E-state index in [4.69, 9.17) is 15.2 Å². The summed E-state index contributed by atoms with van der Waals surface area (Å²) in [5, 5.41) is 0. The van der Waals surface area contributed by atoms with Gasteiger partial charge in [-0.3, -0.25) is 14.5 Å². The molecule has 0 spiro atoms. The van der Waals surface area contributed by atoms with Gasteiger partial charge in [-0.25, -0.2) is 0 Å². The van der Waals surface area contributed by atoms with E-state index in [0.717, 1.165) is 0 Å². The molecule has 0 aliphatic carbocycles. The molecule has 0 bridgehead atoms. The Kier molecular flexibility index (Phi) is 3.59. The molecule has 2 N–H and O–H groups in total. The molecular formula is C13H16N2O4. The van der Waals surface area contributed by atoms with Crippen LogP contribution in [0.2, 0.25) is 0 Å². The molecule has 1 atom stereocenters. The highest BCUT2D eigenvalue weighted by Gasteiger charge is 2.33. The lowest BCUT2D eigenvalue weighted by Gasteiger charge is -2.32. The predicted molar refractivity (Wildman–Crippen MR) is 69.9 cm³/mol. The fraction of sp³-hybridized carbons (Fsp3) is 0.385. The fourth-order valence-corrected chi connectivity index (χ4v) is 1.92. The Labute approximate surface area is 111 Å². The predicted octanol–water partition coefficient (Wildman–Crippen LogP) is 0.946. The molecule has 19 heavy (non-hydrogen) atoms. The molecule has 1 aliphatic rings. The molecule has 1 aliphatic heterocycles. The maximum absolute atomic E-state index is 12.1. The first-order valence-corrected chi connectivity index (χ1v) is 6.06. The molecule has 0 saturated carbocycles. The largest absolute Gasteiger partial charge is 0.479 e. The van der Waals surface area contributed by atoms with Crippen LogP contribution in [0.4, 0.5) is 11.4 Å². The molecule has 0 radical (unpaired) electrons. The lowest BCUT2D eigenvalue weighted by atomic mass is 10.1. The van der Waals surface area contributed by atoms with Gasteiger partial charge in [0, 0.05) is 5.69 Å². The van der Waals surface area contributed by atoms with Gasteiger partial charge in [-0.05, 0) is 32.0 Å². The van der Waals surface area contributed by atoms with E-state index >= 15 is 0 Å². The van der Waals surface area contributed by atoms with Crippen molar-refractivity contribution in [1.82, 2.24) is 0 Å². The number of nitrogens with zero attached hydrogens (tertiary/aromatic N) is 1. The summed E-state index contributed by atoms with van der Waals surface area (Å²) in [6.07, 6.45) is -0.634. The number of amides is 1. The van der Waals surface area contributed by atoms with Crippen molar-refractivity contribution >= 4 is 23.3 Å². The molecule has 6 heteroatoms. The van der Waals surface area contributed by atoms with Crippen molar-refractivity contribution in [2.75, 3.05) is 23.8 Å². The number of hydrogen-bond acceptors (Lipinski definition) is 5. The van der Waals surface area contributed by atoms with E-state index in [-0.39, 0.29) is 19.1 Å². The van der Waals surface area contributed by atoms with Gasteiger partial charge in [0.15, 0.2) is 6.10 Å². The highest BCUT2D eigenvalue weighted by atomic mass is 16.5. The maximum Gasteiger partial charge on any atom is 0.326 e. The number of hydrogen-bond donors (Lipinski definition) is 1. The molecule has 102 valence electrons. The number of carbonyl (C=O) groups excluding carboxylic acids is 2. The van der Waals surface area contributed by atoms with Gasteiger partial charge in [0.05, 0.1) is 12.3 Å². The number of anilines is 2. The van der Waals surface area contributed by atoms with Crippen LogP contribution in [-0.4, -0.2) is 31.1 Å². The van der Waals surface area contributed by atoms with Crippen molar-refractivity contribution < 1.29 is 19.1 Å². The third-order valence-corrected chi connectivity index (χ3v) is 2.78. The summed E-state index contributed by atoms with van der Waals surface area (Å²) in [5.74, 6) is -0.213. The van der Waals surface area contributed by atoms with Crippen LogP contribution in [0.3, 0.4) is 0 Å². The number of nitrogens with two attached hydrogens (primary N) is 1. The minimum absolute atomic E-state index is 0.142.